The molecule has 20 heavy (non-hydrogen) atoms. The van der Waals surface area contributed by atoms with Crippen LogP contribution in [0.25, 0.3) is 10.9 Å². The molecule has 0 bridgehead atoms. The van der Waals surface area contributed by atoms with E-state index in [4.69, 9.17) is 0 Å². The van der Waals surface area contributed by atoms with E-state index in [-0.39, 0.29) is 5.56 Å². The minimum Gasteiger partial charge on any atom is -0.309 e. The Morgan fingerprint density at radius 1 is 1.25 bits per heavy atom. The topological polar surface area (TPSA) is 65.6 Å². The molecule has 0 aliphatic heterocycles. The first kappa shape index (κ1) is 12.5. The smallest absolute Gasteiger partial charge is 0.261 e. The summed E-state index contributed by atoms with van der Waals surface area (Å²) in [5.74, 6) is 0. The van der Waals surface area contributed by atoms with Crippen LogP contribution in [0.15, 0.2) is 41.8 Å². The van der Waals surface area contributed by atoms with Crippen molar-refractivity contribution in [3.63, 3.8) is 0 Å². The molecule has 0 radical (unpaired) electrons. The van der Waals surface area contributed by atoms with Crippen molar-refractivity contribution in [2.24, 2.45) is 0 Å². The number of pyridine rings is 1. The van der Waals surface area contributed by atoms with E-state index in [1.54, 1.807) is 17.0 Å². The molecule has 0 unspecified atom stereocenters. The third-order valence-electron chi connectivity index (χ3n) is 3.17. The van der Waals surface area contributed by atoms with Crippen LogP contribution in [0.3, 0.4) is 0 Å². The molecule has 0 saturated carbocycles. The summed E-state index contributed by atoms with van der Waals surface area (Å²) < 4.78 is 3.50. The Bertz CT molecular complexity index is 802. The Labute approximate surface area is 115 Å². The van der Waals surface area contributed by atoms with Crippen molar-refractivity contribution < 1.29 is 0 Å². The second-order valence-corrected chi connectivity index (χ2v) is 4.95. The van der Waals surface area contributed by atoms with E-state index in [2.05, 4.69) is 28.9 Å². The van der Waals surface area contributed by atoms with Gasteiger partial charge in [-0.3, -0.25) is 9.48 Å². The van der Waals surface area contributed by atoms with Gasteiger partial charge >= 0.3 is 0 Å². The predicted octanol–water partition coefficient (Wildman–Crippen LogP) is 1.62. The van der Waals surface area contributed by atoms with E-state index in [0.717, 1.165) is 5.69 Å². The van der Waals surface area contributed by atoms with Crippen molar-refractivity contribution in [3.8, 4) is 0 Å². The van der Waals surface area contributed by atoms with Crippen LogP contribution >= 0.6 is 0 Å². The second kappa shape index (κ2) is 4.88. The van der Waals surface area contributed by atoms with Crippen LogP contribution in [-0.4, -0.2) is 24.3 Å². The lowest BCUT2D eigenvalue weighted by Crippen LogP contribution is -2.20. The number of aromatic nitrogens is 5. The fourth-order valence-electron chi connectivity index (χ4n) is 2.07. The van der Waals surface area contributed by atoms with Gasteiger partial charge in [0.2, 0.25) is 0 Å². The van der Waals surface area contributed by atoms with E-state index in [0.29, 0.717) is 23.5 Å². The summed E-state index contributed by atoms with van der Waals surface area (Å²) in [5, 5.41) is 4.98. The average Bonchev–Trinajstić information content (AvgIpc) is 2.91. The molecule has 6 heteroatoms. The van der Waals surface area contributed by atoms with E-state index in [9.17, 15) is 4.79 Å². The van der Waals surface area contributed by atoms with Gasteiger partial charge in [0.15, 0.2) is 0 Å². The molecule has 0 saturated heterocycles. The van der Waals surface area contributed by atoms with Crippen LogP contribution in [0.2, 0.25) is 0 Å². The third-order valence-corrected chi connectivity index (χ3v) is 3.17. The van der Waals surface area contributed by atoms with Gasteiger partial charge in [-0.15, -0.1) is 0 Å². The quantitative estimate of drug-likeness (QED) is 0.724. The Morgan fingerprint density at radius 3 is 2.85 bits per heavy atom. The summed E-state index contributed by atoms with van der Waals surface area (Å²) in [6.07, 6.45) is 6.66. The lowest BCUT2D eigenvalue weighted by molar-refractivity contribution is 0.523. The van der Waals surface area contributed by atoms with Gasteiger partial charge in [-0.2, -0.15) is 5.10 Å². The summed E-state index contributed by atoms with van der Waals surface area (Å²) in [7, 11) is 0. The standard InChI is InChI=1S/C14H15N5O/c1-10(2)19-6-3-11(17-19)8-18-5-4-13-12(14(18)20)7-15-9-16-13/h3-7,9-10H,8H2,1-2H3. The molecular formula is C14H15N5O. The molecule has 0 atom stereocenters. The van der Waals surface area contributed by atoms with Crippen molar-refractivity contribution in [1.29, 1.82) is 0 Å². The van der Waals surface area contributed by atoms with Gasteiger partial charge in [0.25, 0.3) is 5.56 Å². The molecule has 0 amide bonds. The molecule has 0 spiro atoms. The average molecular weight is 269 g/mol. The van der Waals surface area contributed by atoms with Gasteiger partial charge in [0.1, 0.15) is 6.33 Å². The maximum atomic E-state index is 12.3. The summed E-state index contributed by atoms with van der Waals surface area (Å²) in [6, 6.07) is 4.06. The normalized spacial score (nSPS) is 11.3. The number of hydrogen-bond acceptors (Lipinski definition) is 4. The SMILES string of the molecule is CC(C)n1ccc(Cn2ccc3ncncc3c2=O)n1. The lowest BCUT2D eigenvalue weighted by Gasteiger charge is -2.06. The second-order valence-electron chi connectivity index (χ2n) is 4.95. The Balaban J connectivity index is 1.98. The van der Waals surface area contributed by atoms with Crippen molar-refractivity contribution in [1.82, 2.24) is 24.3 Å². The van der Waals surface area contributed by atoms with Crippen molar-refractivity contribution >= 4 is 10.9 Å². The van der Waals surface area contributed by atoms with Crippen LogP contribution in [0.1, 0.15) is 25.6 Å². The van der Waals surface area contributed by atoms with Crippen LogP contribution in [-0.2, 0) is 6.54 Å². The number of rotatable bonds is 3. The van der Waals surface area contributed by atoms with Crippen LogP contribution < -0.4 is 5.56 Å². The summed E-state index contributed by atoms with van der Waals surface area (Å²) in [6.45, 7) is 4.58. The first-order chi connectivity index (χ1) is 9.65. The molecular weight excluding hydrogens is 254 g/mol. The van der Waals surface area contributed by atoms with E-state index in [1.165, 1.54) is 6.33 Å². The fourth-order valence-corrected chi connectivity index (χ4v) is 2.07. The first-order valence-corrected chi connectivity index (χ1v) is 6.48. The molecule has 0 aromatic carbocycles. The highest BCUT2D eigenvalue weighted by Crippen LogP contribution is 2.07. The number of nitrogens with zero attached hydrogens (tertiary/aromatic N) is 5. The van der Waals surface area contributed by atoms with E-state index in [1.807, 2.05) is 23.0 Å². The zero-order valence-corrected chi connectivity index (χ0v) is 11.4. The first-order valence-electron chi connectivity index (χ1n) is 6.48. The zero-order chi connectivity index (χ0) is 14.1. The highest BCUT2D eigenvalue weighted by atomic mass is 16.1. The molecule has 6 nitrogen and oxygen atoms in total. The van der Waals surface area contributed by atoms with Gasteiger partial charge in [-0.25, -0.2) is 9.97 Å². The molecule has 0 aliphatic rings. The maximum absolute atomic E-state index is 12.3. The van der Waals surface area contributed by atoms with Crippen LogP contribution in [0.5, 0.6) is 0 Å². The maximum Gasteiger partial charge on any atom is 0.261 e. The molecule has 3 heterocycles. The molecule has 0 N–H and O–H groups in total. The molecule has 102 valence electrons. The van der Waals surface area contributed by atoms with E-state index < -0.39 is 0 Å². The van der Waals surface area contributed by atoms with Crippen molar-refractivity contribution in [2.45, 2.75) is 26.4 Å². The lowest BCUT2D eigenvalue weighted by atomic mass is 10.3. The Hall–Kier alpha value is -2.50. The van der Waals surface area contributed by atoms with Gasteiger partial charge < -0.3 is 4.57 Å². The molecule has 3 aromatic heterocycles. The van der Waals surface area contributed by atoms with Gasteiger partial charge in [-0.05, 0) is 26.0 Å². The van der Waals surface area contributed by atoms with Gasteiger partial charge in [0.05, 0.1) is 23.1 Å². The largest absolute Gasteiger partial charge is 0.309 e. The summed E-state index contributed by atoms with van der Waals surface area (Å²) in [4.78, 5) is 20.3. The summed E-state index contributed by atoms with van der Waals surface area (Å²) in [5.41, 5.74) is 1.42. The van der Waals surface area contributed by atoms with Gasteiger partial charge in [-0.1, -0.05) is 0 Å². The zero-order valence-electron chi connectivity index (χ0n) is 11.4. The third kappa shape index (κ3) is 2.20. The van der Waals surface area contributed by atoms with Crippen molar-refractivity contribution in [2.75, 3.05) is 0 Å². The Morgan fingerprint density at radius 2 is 2.10 bits per heavy atom. The minimum absolute atomic E-state index is 0.0952. The van der Waals surface area contributed by atoms with E-state index >= 15 is 0 Å². The van der Waals surface area contributed by atoms with Crippen LogP contribution in [0, 0.1) is 0 Å². The highest BCUT2D eigenvalue weighted by molar-refractivity contribution is 5.75. The minimum atomic E-state index is -0.0952. The summed E-state index contributed by atoms with van der Waals surface area (Å²) >= 11 is 0. The molecule has 3 rings (SSSR count). The van der Waals surface area contributed by atoms with Crippen LogP contribution in [0.4, 0.5) is 0 Å². The predicted molar refractivity (Wildman–Crippen MR) is 75.5 cm³/mol. The van der Waals surface area contributed by atoms with Gasteiger partial charge in [0, 0.05) is 24.6 Å². The molecule has 3 aromatic rings. The Kier molecular flexibility index (Phi) is 3.06. The highest BCUT2D eigenvalue weighted by Gasteiger charge is 2.07. The molecule has 0 fully saturated rings. The number of fused-ring (bicyclic) bond motifs is 1. The fraction of sp³-hybridized carbons (Fsp3) is 0.286. The number of hydrogen-bond donors (Lipinski definition) is 0. The molecule has 0 aliphatic carbocycles. The van der Waals surface area contributed by atoms with Crippen molar-refractivity contribution in [3.05, 3.63) is 53.1 Å². The monoisotopic (exact) mass is 269 g/mol.